The Morgan fingerprint density at radius 1 is 1.40 bits per heavy atom. The van der Waals surface area contributed by atoms with Gasteiger partial charge in [0.05, 0.1) is 6.54 Å². The zero-order chi connectivity index (χ0) is 11.1. The van der Waals surface area contributed by atoms with Crippen LogP contribution in [0.4, 0.5) is 0 Å². The van der Waals surface area contributed by atoms with Crippen molar-refractivity contribution >= 4 is 0 Å². The average Bonchev–Trinajstić information content (AvgIpc) is 2.27. The first kappa shape index (κ1) is 11.8. The molecule has 1 atom stereocenters. The average molecular weight is 202 g/mol. The number of likely N-dealkylation sites (N-methyl/N-ethyl adjacent to an activating group) is 2. The quantitative estimate of drug-likeness (QED) is 0.728. The van der Waals surface area contributed by atoms with Crippen molar-refractivity contribution < 1.29 is 0 Å². The van der Waals surface area contributed by atoms with Gasteiger partial charge in [0, 0.05) is 12.6 Å². The molecule has 1 N–H and O–H groups in total. The topological polar surface area (TPSA) is 15.3 Å². The maximum absolute atomic E-state index is 5.33. The molecule has 0 heterocycles. The van der Waals surface area contributed by atoms with Crippen LogP contribution in [0.25, 0.3) is 0 Å². The Bertz CT molecular complexity index is 313. The van der Waals surface area contributed by atoms with Gasteiger partial charge in [-0.3, -0.25) is 4.90 Å². The SMILES string of the molecule is C#CCN(C)C(CNC)c1ccccc1. The molecule has 0 spiro atoms. The predicted molar refractivity (Wildman–Crippen MR) is 64.6 cm³/mol. The van der Waals surface area contributed by atoms with Crippen molar-refractivity contribution in [2.24, 2.45) is 0 Å². The summed E-state index contributed by atoms with van der Waals surface area (Å²) in [6.45, 7) is 1.57. The van der Waals surface area contributed by atoms with Gasteiger partial charge in [0.1, 0.15) is 0 Å². The maximum atomic E-state index is 5.33. The van der Waals surface area contributed by atoms with Crippen molar-refractivity contribution in [1.82, 2.24) is 10.2 Å². The van der Waals surface area contributed by atoms with Gasteiger partial charge in [-0.2, -0.15) is 0 Å². The fraction of sp³-hybridized carbons (Fsp3) is 0.385. The van der Waals surface area contributed by atoms with E-state index in [0.717, 1.165) is 6.54 Å². The third-order valence-electron chi connectivity index (χ3n) is 2.45. The molecule has 0 fully saturated rings. The van der Waals surface area contributed by atoms with Crippen LogP contribution < -0.4 is 5.32 Å². The molecule has 0 radical (unpaired) electrons. The first-order valence-electron chi connectivity index (χ1n) is 5.13. The van der Waals surface area contributed by atoms with Gasteiger partial charge in [-0.05, 0) is 19.7 Å². The van der Waals surface area contributed by atoms with Crippen LogP contribution in [0.2, 0.25) is 0 Å². The Labute approximate surface area is 92.3 Å². The zero-order valence-electron chi connectivity index (χ0n) is 9.40. The van der Waals surface area contributed by atoms with Gasteiger partial charge >= 0.3 is 0 Å². The second-order valence-electron chi connectivity index (χ2n) is 3.60. The molecule has 0 aliphatic heterocycles. The van der Waals surface area contributed by atoms with E-state index in [4.69, 9.17) is 6.42 Å². The Kier molecular flexibility index (Phi) is 4.89. The molecule has 1 aromatic carbocycles. The minimum Gasteiger partial charge on any atom is -0.318 e. The van der Waals surface area contributed by atoms with E-state index in [-0.39, 0.29) is 0 Å². The Morgan fingerprint density at radius 3 is 2.60 bits per heavy atom. The largest absolute Gasteiger partial charge is 0.318 e. The lowest BCUT2D eigenvalue weighted by molar-refractivity contribution is 0.270. The minimum atomic E-state index is 0.340. The van der Waals surface area contributed by atoms with Crippen LogP contribution in [-0.2, 0) is 0 Å². The molecule has 1 aromatic rings. The van der Waals surface area contributed by atoms with E-state index >= 15 is 0 Å². The standard InChI is InChI=1S/C13H18N2/c1-4-10-15(3)13(11-14-2)12-8-6-5-7-9-12/h1,5-9,13-14H,10-11H2,2-3H3. The third-order valence-corrected chi connectivity index (χ3v) is 2.45. The van der Waals surface area contributed by atoms with Gasteiger partial charge in [-0.15, -0.1) is 6.42 Å². The molecule has 0 saturated carbocycles. The summed E-state index contributed by atoms with van der Waals surface area (Å²) in [6, 6.07) is 10.8. The molecule has 0 bridgehead atoms. The number of benzene rings is 1. The second kappa shape index (κ2) is 6.23. The molecule has 1 rings (SSSR count). The van der Waals surface area contributed by atoms with Crippen LogP contribution >= 0.6 is 0 Å². The molecule has 80 valence electrons. The Balaban J connectivity index is 2.79. The molecule has 0 saturated heterocycles. The van der Waals surface area contributed by atoms with Gasteiger partial charge in [-0.25, -0.2) is 0 Å². The lowest BCUT2D eigenvalue weighted by atomic mass is 10.1. The number of nitrogens with zero attached hydrogens (tertiary/aromatic N) is 1. The monoisotopic (exact) mass is 202 g/mol. The van der Waals surface area contributed by atoms with Crippen LogP contribution in [0.1, 0.15) is 11.6 Å². The zero-order valence-corrected chi connectivity index (χ0v) is 9.40. The Hall–Kier alpha value is -1.30. The summed E-state index contributed by atoms with van der Waals surface area (Å²) in [5.41, 5.74) is 1.30. The predicted octanol–water partition coefficient (Wildman–Crippen LogP) is 1.51. The van der Waals surface area contributed by atoms with Crippen molar-refractivity contribution in [2.75, 3.05) is 27.2 Å². The molecular formula is C13H18N2. The molecule has 0 aromatic heterocycles. The van der Waals surface area contributed by atoms with Gasteiger partial charge < -0.3 is 5.32 Å². The number of terminal acetylenes is 1. The van der Waals surface area contributed by atoms with Gasteiger partial charge in [0.2, 0.25) is 0 Å². The van der Waals surface area contributed by atoms with Crippen LogP contribution in [-0.4, -0.2) is 32.1 Å². The highest BCUT2D eigenvalue weighted by Crippen LogP contribution is 2.17. The number of nitrogens with one attached hydrogen (secondary N) is 1. The summed E-state index contributed by atoms with van der Waals surface area (Å²) in [4.78, 5) is 2.17. The fourth-order valence-corrected chi connectivity index (χ4v) is 1.65. The molecule has 0 aliphatic rings. The molecule has 0 amide bonds. The summed E-state index contributed by atoms with van der Waals surface area (Å²) in [7, 11) is 4.01. The summed E-state index contributed by atoms with van der Waals surface area (Å²) >= 11 is 0. The van der Waals surface area contributed by atoms with Gasteiger partial charge in [0.15, 0.2) is 0 Å². The number of hydrogen-bond donors (Lipinski definition) is 1. The van der Waals surface area contributed by atoms with Crippen LogP contribution in [0.15, 0.2) is 30.3 Å². The molecule has 2 heteroatoms. The fourth-order valence-electron chi connectivity index (χ4n) is 1.65. The summed E-state index contributed by atoms with van der Waals surface area (Å²) in [5, 5.41) is 3.20. The molecule has 15 heavy (non-hydrogen) atoms. The minimum absolute atomic E-state index is 0.340. The number of rotatable bonds is 5. The van der Waals surface area contributed by atoms with Crippen molar-refractivity contribution in [3.63, 3.8) is 0 Å². The van der Waals surface area contributed by atoms with Crippen molar-refractivity contribution in [2.45, 2.75) is 6.04 Å². The van der Waals surface area contributed by atoms with Crippen molar-refractivity contribution in [3.8, 4) is 12.3 Å². The third kappa shape index (κ3) is 3.39. The van der Waals surface area contributed by atoms with E-state index in [1.165, 1.54) is 5.56 Å². The lowest BCUT2D eigenvalue weighted by Crippen LogP contribution is -2.32. The van der Waals surface area contributed by atoms with Crippen LogP contribution in [0, 0.1) is 12.3 Å². The van der Waals surface area contributed by atoms with Crippen molar-refractivity contribution in [3.05, 3.63) is 35.9 Å². The molecular weight excluding hydrogens is 184 g/mol. The maximum Gasteiger partial charge on any atom is 0.0601 e. The summed E-state index contributed by atoms with van der Waals surface area (Å²) in [5.74, 6) is 2.67. The van der Waals surface area contributed by atoms with E-state index in [9.17, 15) is 0 Å². The second-order valence-corrected chi connectivity index (χ2v) is 3.60. The normalized spacial score (nSPS) is 12.4. The van der Waals surface area contributed by atoms with E-state index in [0.29, 0.717) is 12.6 Å². The van der Waals surface area contributed by atoms with E-state index in [1.54, 1.807) is 0 Å². The highest BCUT2D eigenvalue weighted by Gasteiger charge is 2.14. The lowest BCUT2D eigenvalue weighted by Gasteiger charge is -2.26. The van der Waals surface area contributed by atoms with E-state index < -0.39 is 0 Å². The summed E-state index contributed by atoms with van der Waals surface area (Å²) < 4.78 is 0. The highest BCUT2D eigenvalue weighted by atomic mass is 15.1. The smallest absolute Gasteiger partial charge is 0.0601 e. The number of hydrogen-bond acceptors (Lipinski definition) is 2. The van der Waals surface area contributed by atoms with Gasteiger partial charge in [0.25, 0.3) is 0 Å². The van der Waals surface area contributed by atoms with Gasteiger partial charge in [-0.1, -0.05) is 36.3 Å². The summed E-state index contributed by atoms with van der Waals surface area (Å²) in [6.07, 6.45) is 5.33. The molecule has 1 unspecified atom stereocenters. The van der Waals surface area contributed by atoms with Crippen LogP contribution in [0.3, 0.4) is 0 Å². The highest BCUT2D eigenvalue weighted by molar-refractivity contribution is 5.19. The molecule has 0 aliphatic carbocycles. The Morgan fingerprint density at radius 2 is 2.07 bits per heavy atom. The van der Waals surface area contributed by atoms with Crippen LogP contribution in [0.5, 0.6) is 0 Å². The first-order chi connectivity index (χ1) is 7.29. The first-order valence-corrected chi connectivity index (χ1v) is 5.13. The van der Waals surface area contributed by atoms with E-state index in [1.807, 2.05) is 13.1 Å². The molecule has 2 nitrogen and oxygen atoms in total. The van der Waals surface area contributed by atoms with Crippen molar-refractivity contribution in [1.29, 1.82) is 0 Å². The van der Waals surface area contributed by atoms with E-state index in [2.05, 4.69) is 47.5 Å².